The van der Waals surface area contributed by atoms with E-state index in [9.17, 15) is 0 Å². The molecule has 60 valence electrons. The maximum atomic E-state index is 9.01. The first-order valence-corrected chi connectivity index (χ1v) is 3.46. The fraction of sp³-hybridized carbons (Fsp3) is 1.00. The first-order chi connectivity index (χ1) is 4.66. The Morgan fingerprint density at radius 3 is 2.00 bits per heavy atom. The van der Waals surface area contributed by atoms with Crippen LogP contribution in [0.5, 0.6) is 0 Å². The van der Waals surface area contributed by atoms with Crippen molar-refractivity contribution in [2.45, 2.75) is 24.6 Å². The second-order valence-electron chi connectivity index (χ2n) is 2.20. The van der Waals surface area contributed by atoms with Gasteiger partial charge in [0, 0.05) is 0 Å². The highest BCUT2D eigenvalue weighted by Crippen LogP contribution is 2.19. The topological polar surface area (TPSA) is 69.9 Å². The summed E-state index contributed by atoms with van der Waals surface area (Å²) >= 11 is 5.33. The molecule has 5 heteroatoms. The van der Waals surface area contributed by atoms with Gasteiger partial charge in [-0.05, 0) is 0 Å². The zero-order valence-electron chi connectivity index (χ0n) is 5.14. The monoisotopic (exact) mass is 168 g/mol. The fourth-order valence-corrected chi connectivity index (χ4v) is 1.11. The molecule has 0 amide bonds. The van der Waals surface area contributed by atoms with E-state index >= 15 is 0 Å². The molecule has 0 radical (unpaired) electrons. The maximum Gasteiger partial charge on any atom is 0.184 e. The van der Waals surface area contributed by atoms with E-state index in [0.29, 0.717) is 0 Å². The highest BCUT2D eigenvalue weighted by atomic mass is 35.5. The normalized spacial score (nSPS) is 48.0. The molecule has 10 heavy (non-hydrogen) atoms. The van der Waals surface area contributed by atoms with Gasteiger partial charge in [0.25, 0.3) is 0 Å². The van der Waals surface area contributed by atoms with Crippen LogP contribution in [0.25, 0.3) is 0 Å². The molecule has 1 heterocycles. The van der Waals surface area contributed by atoms with Crippen molar-refractivity contribution in [1.29, 1.82) is 0 Å². The second kappa shape index (κ2) is 3.02. The van der Waals surface area contributed by atoms with Gasteiger partial charge in [0.2, 0.25) is 0 Å². The lowest BCUT2D eigenvalue weighted by Crippen LogP contribution is -2.32. The summed E-state index contributed by atoms with van der Waals surface area (Å²) in [7, 11) is 0. The Morgan fingerprint density at radius 2 is 1.80 bits per heavy atom. The minimum atomic E-state index is -1.31. The van der Waals surface area contributed by atoms with Gasteiger partial charge in [0.05, 0.1) is 5.88 Å². The quantitative estimate of drug-likeness (QED) is 0.424. The van der Waals surface area contributed by atoms with Crippen molar-refractivity contribution >= 4 is 11.6 Å². The van der Waals surface area contributed by atoms with Gasteiger partial charge in [-0.3, -0.25) is 0 Å². The summed E-state index contributed by atoms with van der Waals surface area (Å²) < 4.78 is 4.66. The van der Waals surface area contributed by atoms with Gasteiger partial charge >= 0.3 is 0 Å². The number of rotatable bonds is 1. The number of hydrogen-bond donors (Lipinski definition) is 3. The molecule has 0 aromatic carbocycles. The number of aliphatic hydroxyl groups excluding tert-OH is 3. The molecule has 1 fully saturated rings. The molecule has 0 saturated carbocycles. The predicted octanol–water partition coefficient (Wildman–Crippen LogP) is -1.34. The van der Waals surface area contributed by atoms with Crippen LogP contribution < -0.4 is 0 Å². The second-order valence-corrected chi connectivity index (χ2v) is 2.51. The van der Waals surface area contributed by atoms with Gasteiger partial charge < -0.3 is 20.1 Å². The Balaban J connectivity index is 2.53. The Hall–Kier alpha value is 0.130. The van der Waals surface area contributed by atoms with Gasteiger partial charge in [-0.1, -0.05) is 0 Å². The molecule has 4 nitrogen and oxygen atoms in total. The minimum Gasteiger partial charge on any atom is -0.387 e. The molecular formula is C5H9ClO4. The third kappa shape index (κ3) is 1.26. The Labute approximate surface area is 63.0 Å². The fourth-order valence-electron chi connectivity index (χ4n) is 0.856. The van der Waals surface area contributed by atoms with Crippen LogP contribution in [-0.2, 0) is 4.74 Å². The molecule has 0 aromatic rings. The van der Waals surface area contributed by atoms with Gasteiger partial charge in [0.15, 0.2) is 6.29 Å². The van der Waals surface area contributed by atoms with Crippen molar-refractivity contribution in [1.82, 2.24) is 0 Å². The Bertz CT molecular complexity index is 120. The molecule has 0 aliphatic carbocycles. The lowest BCUT2D eigenvalue weighted by molar-refractivity contribution is -0.123. The minimum absolute atomic E-state index is 0.0648. The summed E-state index contributed by atoms with van der Waals surface area (Å²) in [5.41, 5.74) is 0. The molecule has 1 rings (SSSR count). The van der Waals surface area contributed by atoms with E-state index in [-0.39, 0.29) is 5.88 Å². The van der Waals surface area contributed by atoms with Crippen LogP contribution in [0, 0.1) is 0 Å². The van der Waals surface area contributed by atoms with Crippen LogP contribution in [0.2, 0.25) is 0 Å². The highest BCUT2D eigenvalue weighted by molar-refractivity contribution is 6.18. The van der Waals surface area contributed by atoms with Gasteiger partial charge in [0.1, 0.15) is 18.3 Å². The maximum absolute atomic E-state index is 9.01. The van der Waals surface area contributed by atoms with E-state index in [1.165, 1.54) is 0 Å². The summed E-state index contributed by atoms with van der Waals surface area (Å²) in [4.78, 5) is 0. The van der Waals surface area contributed by atoms with Crippen LogP contribution in [0.3, 0.4) is 0 Å². The molecule has 3 N–H and O–H groups in total. The van der Waals surface area contributed by atoms with Crippen LogP contribution in [0.4, 0.5) is 0 Å². The molecule has 1 unspecified atom stereocenters. The van der Waals surface area contributed by atoms with Crippen molar-refractivity contribution in [3.05, 3.63) is 0 Å². The van der Waals surface area contributed by atoms with Crippen LogP contribution in [0.15, 0.2) is 0 Å². The molecule has 0 aromatic heterocycles. The lowest BCUT2D eigenvalue weighted by atomic mass is 10.2. The SMILES string of the molecule is OC1O[C@H](CCl)[C@@H](O)[C@H]1O. The van der Waals surface area contributed by atoms with E-state index in [1.807, 2.05) is 0 Å². The zero-order chi connectivity index (χ0) is 7.72. The van der Waals surface area contributed by atoms with E-state index < -0.39 is 24.6 Å². The molecule has 1 aliphatic rings. The number of ether oxygens (including phenoxy) is 1. The first-order valence-electron chi connectivity index (χ1n) is 2.92. The van der Waals surface area contributed by atoms with E-state index in [0.717, 1.165) is 0 Å². The molecule has 0 bridgehead atoms. The summed E-state index contributed by atoms with van der Waals surface area (Å²) in [6.45, 7) is 0. The summed E-state index contributed by atoms with van der Waals surface area (Å²) in [6.07, 6.45) is -4.28. The van der Waals surface area contributed by atoms with E-state index in [4.69, 9.17) is 26.9 Å². The average molecular weight is 169 g/mol. The van der Waals surface area contributed by atoms with Crippen molar-refractivity contribution in [3.63, 3.8) is 0 Å². The van der Waals surface area contributed by atoms with Gasteiger partial charge in [-0.15, -0.1) is 11.6 Å². The molecule has 1 saturated heterocycles. The Morgan fingerprint density at radius 1 is 1.20 bits per heavy atom. The van der Waals surface area contributed by atoms with Gasteiger partial charge in [-0.25, -0.2) is 0 Å². The van der Waals surface area contributed by atoms with Gasteiger partial charge in [-0.2, -0.15) is 0 Å². The standard InChI is InChI=1S/C5H9ClO4/c6-1-2-3(7)4(8)5(9)10-2/h2-5,7-9H,1H2/t2-,3-,4-,5?/m1/s1. The third-order valence-corrected chi connectivity index (χ3v) is 1.79. The van der Waals surface area contributed by atoms with Crippen molar-refractivity contribution < 1.29 is 20.1 Å². The number of aliphatic hydroxyl groups is 3. The molecule has 0 spiro atoms. The molecule has 4 atom stereocenters. The largest absolute Gasteiger partial charge is 0.387 e. The highest BCUT2D eigenvalue weighted by Gasteiger charge is 2.40. The number of hydrogen-bond acceptors (Lipinski definition) is 4. The van der Waals surface area contributed by atoms with Crippen LogP contribution >= 0.6 is 11.6 Å². The van der Waals surface area contributed by atoms with Crippen LogP contribution in [-0.4, -0.2) is 45.8 Å². The lowest BCUT2D eigenvalue weighted by Gasteiger charge is -2.09. The first kappa shape index (κ1) is 8.23. The average Bonchev–Trinajstić information content (AvgIpc) is 2.17. The van der Waals surface area contributed by atoms with E-state index in [2.05, 4.69) is 4.74 Å². The van der Waals surface area contributed by atoms with Crippen molar-refractivity contribution in [3.8, 4) is 0 Å². The predicted molar refractivity (Wildman–Crippen MR) is 33.6 cm³/mol. The summed E-state index contributed by atoms with van der Waals surface area (Å²) in [5.74, 6) is 0.0648. The zero-order valence-corrected chi connectivity index (χ0v) is 5.90. The molecular weight excluding hydrogens is 160 g/mol. The van der Waals surface area contributed by atoms with Crippen LogP contribution in [0.1, 0.15) is 0 Å². The summed E-state index contributed by atoms with van der Waals surface area (Å²) in [6, 6.07) is 0. The smallest absolute Gasteiger partial charge is 0.184 e. The molecule has 1 aliphatic heterocycles. The third-order valence-electron chi connectivity index (χ3n) is 1.49. The summed E-state index contributed by atoms with van der Waals surface area (Å²) in [5, 5.41) is 26.7. The van der Waals surface area contributed by atoms with Crippen molar-refractivity contribution in [2.75, 3.05) is 5.88 Å². The van der Waals surface area contributed by atoms with E-state index in [1.54, 1.807) is 0 Å². The number of alkyl halides is 1. The Kier molecular flexibility index (Phi) is 2.49. The number of halogens is 1. The van der Waals surface area contributed by atoms with Crippen molar-refractivity contribution in [2.24, 2.45) is 0 Å².